The molecular formula is C14H19ClF4N2. The Morgan fingerprint density at radius 1 is 1.33 bits per heavy atom. The fourth-order valence-electron chi connectivity index (χ4n) is 2.69. The van der Waals surface area contributed by atoms with Gasteiger partial charge in [-0.2, -0.15) is 13.2 Å². The van der Waals surface area contributed by atoms with Gasteiger partial charge in [-0.15, -0.1) is 12.4 Å². The lowest BCUT2D eigenvalue weighted by atomic mass is 10.1. The number of nitrogens with zero attached hydrogens (tertiary/aromatic N) is 1. The van der Waals surface area contributed by atoms with Crippen LogP contribution in [-0.2, 0) is 12.7 Å². The topological polar surface area (TPSA) is 15.3 Å². The van der Waals surface area contributed by atoms with Crippen molar-refractivity contribution in [3.8, 4) is 0 Å². The number of benzene rings is 1. The van der Waals surface area contributed by atoms with E-state index in [0.717, 1.165) is 38.1 Å². The second-order valence-electron chi connectivity index (χ2n) is 5.14. The van der Waals surface area contributed by atoms with Crippen LogP contribution in [0.15, 0.2) is 18.2 Å². The molecule has 7 heteroatoms. The van der Waals surface area contributed by atoms with Crippen LogP contribution in [0.3, 0.4) is 0 Å². The molecule has 1 aliphatic rings. The normalized spacial score (nSPS) is 19.6. The third kappa shape index (κ3) is 4.56. The Hall–Kier alpha value is -0.850. The first-order valence-electron chi connectivity index (χ1n) is 6.66. The summed E-state index contributed by atoms with van der Waals surface area (Å²) in [4.78, 5) is 2.14. The van der Waals surface area contributed by atoms with Gasteiger partial charge in [0, 0.05) is 19.1 Å². The molecule has 1 aromatic carbocycles. The largest absolute Gasteiger partial charge is 0.419 e. The fraction of sp³-hybridized carbons (Fsp3) is 0.571. The average molecular weight is 327 g/mol. The molecule has 1 aliphatic heterocycles. The van der Waals surface area contributed by atoms with E-state index in [4.69, 9.17) is 0 Å². The zero-order valence-electron chi connectivity index (χ0n) is 11.7. The Morgan fingerprint density at radius 2 is 2.05 bits per heavy atom. The van der Waals surface area contributed by atoms with Crippen molar-refractivity contribution in [3.05, 3.63) is 35.1 Å². The van der Waals surface area contributed by atoms with Gasteiger partial charge in [0.1, 0.15) is 5.82 Å². The molecule has 1 aromatic rings. The number of alkyl halides is 3. The summed E-state index contributed by atoms with van der Waals surface area (Å²) in [5, 5.41) is 3.09. The monoisotopic (exact) mass is 326 g/mol. The van der Waals surface area contributed by atoms with Crippen LogP contribution in [0.4, 0.5) is 17.6 Å². The van der Waals surface area contributed by atoms with E-state index in [1.54, 1.807) is 0 Å². The second kappa shape index (κ2) is 7.42. The first kappa shape index (κ1) is 18.2. The molecule has 1 heterocycles. The van der Waals surface area contributed by atoms with Crippen molar-refractivity contribution in [3.63, 3.8) is 0 Å². The molecule has 120 valence electrons. The SMILES string of the molecule is CNCC1CCCN1Cc1ccc(F)c(C(F)(F)F)c1.Cl. The standard InChI is InChI=1S/C14H18F4N2.ClH/c1-19-8-11-3-2-6-20(11)9-10-4-5-13(15)12(7-10)14(16,17)18;/h4-5,7,11,19H,2-3,6,8-9H2,1H3;1H. The molecule has 2 rings (SSSR count). The van der Waals surface area contributed by atoms with Crippen LogP contribution < -0.4 is 5.32 Å². The van der Waals surface area contributed by atoms with Gasteiger partial charge in [0.05, 0.1) is 5.56 Å². The lowest BCUT2D eigenvalue weighted by molar-refractivity contribution is -0.140. The van der Waals surface area contributed by atoms with Crippen molar-refractivity contribution in [1.82, 2.24) is 10.2 Å². The zero-order chi connectivity index (χ0) is 14.8. The fourth-order valence-corrected chi connectivity index (χ4v) is 2.69. The first-order chi connectivity index (χ1) is 9.41. The molecule has 1 saturated heterocycles. The molecule has 0 bridgehead atoms. The Balaban J connectivity index is 0.00000220. The minimum atomic E-state index is -4.64. The number of hydrogen-bond donors (Lipinski definition) is 1. The molecule has 1 atom stereocenters. The van der Waals surface area contributed by atoms with Crippen LogP contribution in [0.2, 0.25) is 0 Å². The van der Waals surface area contributed by atoms with Gasteiger partial charge in [0.25, 0.3) is 0 Å². The van der Waals surface area contributed by atoms with E-state index in [9.17, 15) is 17.6 Å². The van der Waals surface area contributed by atoms with Crippen LogP contribution in [0.5, 0.6) is 0 Å². The molecule has 1 unspecified atom stereocenters. The van der Waals surface area contributed by atoms with Crippen molar-refractivity contribution in [1.29, 1.82) is 0 Å². The molecule has 2 nitrogen and oxygen atoms in total. The van der Waals surface area contributed by atoms with Gasteiger partial charge in [-0.1, -0.05) is 6.07 Å². The predicted octanol–water partition coefficient (Wildman–Crippen LogP) is 3.45. The lowest BCUT2D eigenvalue weighted by Gasteiger charge is -2.24. The van der Waals surface area contributed by atoms with Gasteiger partial charge in [0.2, 0.25) is 0 Å². The van der Waals surface area contributed by atoms with E-state index in [0.29, 0.717) is 18.2 Å². The lowest BCUT2D eigenvalue weighted by Crippen LogP contribution is -2.36. The summed E-state index contributed by atoms with van der Waals surface area (Å²) in [7, 11) is 1.86. The van der Waals surface area contributed by atoms with Gasteiger partial charge in [-0.05, 0) is 44.1 Å². The summed E-state index contributed by atoms with van der Waals surface area (Å²) in [5.74, 6) is -1.21. The molecule has 0 aromatic heterocycles. The highest BCUT2D eigenvalue weighted by molar-refractivity contribution is 5.85. The van der Waals surface area contributed by atoms with Gasteiger partial charge in [-0.25, -0.2) is 4.39 Å². The van der Waals surface area contributed by atoms with Crippen LogP contribution in [0.25, 0.3) is 0 Å². The number of likely N-dealkylation sites (tertiary alicyclic amines) is 1. The Bertz CT molecular complexity index is 465. The highest BCUT2D eigenvalue weighted by Crippen LogP contribution is 2.32. The Morgan fingerprint density at radius 3 is 2.67 bits per heavy atom. The van der Waals surface area contributed by atoms with Gasteiger partial charge in [-0.3, -0.25) is 4.90 Å². The summed E-state index contributed by atoms with van der Waals surface area (Å²) >= 11 is 0. The van der Waals surface area contributed by atoms with Crippen LogP contribution in [-0.4, -0.2) is 31.1 Å². The number of rotatable bonds is 4. The molecular weight excluding hydrogens is 308 g/mol. The molecule has 1 N–H and O–H groups in total. The van der Waals surface area contributed by atoms with E-state index in [1.807, 2.05) is 7.05 Å². The van der Waals surface area contributed by atoms with Crippen LogP contribution in [0.1, 0.15) is 24.0 Å². The summed E-state index contributed by atoms with van der Waals surface area (Å²) in [6, 6.07) is 3.59. The van der Waals surface area contributed by atoms with E-state index in [1.165, 1.54) is 6.07 Å². The summed E-state index contributed by atoms with van der Waals surface area (Å²) in [5.41, 5.74) is -0.680. The van der Waals surface area contributed by atoms with Crippen molar-refractivity contribution in [2.24, 2.45) is 0 Å². The number of nitrogens with one attached hydrogen (secondary N) is 1. The second-order valence-corrected chi connectivity index (χ2v) is 5.14. The molecule has 0 spiro atoms. The molecule has 21 heavy (non-hydrogen) atoms. The first-order valence-corrected chi connectivity index (χ1v) is 6.66. The van der Waals surface area contributed by atoms with E-state index in [2.05, 4.69) is 10.2 Å². The zero-order valence-corrected chi connectivity index (χ0v) is 12.5. The summed E-state index contributed by atoms with van der Waals surface area (Å²) in [6.07, 6.45) is -2.57. The van der Waals surface area contributed by atoms with Gasteiger partial charge >= 0.3 is 6.18 Å². The number of halogens is 5. The highest BCUT2D eigenvalue weighted by Gasteiger charge is 2.34. The predicted molar refractivity (Wildman–Crippen MR) is 76.0 cm³/mol. The number of likely N-dealkylation sites (N-methyl/N-ethyl adjacent to an activating group) is 1. The minimum Gasteiger partial charge on any atom is -0.318 e. The van der Waals surface area contributed by atoms with Gasteiger partial charge < -0.3 is 5.32 Å². The van der Waals surface area contributed by atoms with Crippen LogP contribution >= 0.6 is 12.4 Å². The van der Waals surface area contributed by atoms with Crippen molar-refractivity contribution in [2.45, 2.75) is 31.6 Å². The Labute approximate surface area is 127 Å². The quantitative estimate of drug-likeness (QED) is 0.853. The average Bonchev–Trinajstić information content (AvgIpc) is 2.78. The maximum atomic E-state index is 13.2. The van der Waals surface area contributed by atoms with E-state index in [-0.39, 0.29) is 12.4 Å². The number of hydrogen-bond acceptors (Lipinski definition) is 2. The van der Waals surface area contributed by atoms with Crippen molar-refractivity contribution < 1.29 is 17.6 Å². The third-order valence-electron chi connectivity index (χ3n) is 3.66. The molecule has 0 aliphatic carbocycles. The van der Waals surface area contributed by atoms with E-state index < -0.39 is 17.6 Å². The van der Waals surface area contributed by atoms with Gasteiger partial charge in [0.15, 0.2) is 0 Å². The third-order valence-corrected chi connectivity index (χ3v) is 3.66. The van der Waals surface area contributed by atoms with E-state index >= 15 is 0 Å². The molecule has 1 fully saturated rings. The smallest absolute Gasteiger partial charge is 0.318 e. The summed E-state index contributed by atoms with van der Waals surface area (Å²) < 4.78 is 51.3. The molecule has 0 radical (unpaired) electrons. The molecule has 0 saturated carbocycles. The van der Waals surface area contributed by atoms with Crippen LogP contribution in [0, 0.1) is 5.82 Å². The minimum absolute atomic E-state index is 0. The highest BCUT2D eigenvalue weighted by atomic mass is 35.5. The molecule has 0 amide bonds. The maximum absolute atomic E-state index is 13.2. The Kier molecular flexibility index (Phi) is 6.43. The maximum Gasteiger partial charge on any atom is 0.419 e. The van der Waals surface area contributed by atoms with Crippen molar-refractivity contribution >= 4 is 12.4 Å². The summed E-state index contributed by atoms with van der Waals surface area (Å²) in [6.45, 7) is 2.11. The van der Waals surface area contributed by atoms with Crippen molar-refractivity contribution in [2.75, 3.05) is 20.1 Å².